The molecule has 0 saturated carbocycles. The highest BCUT2D eigenvalue weighted by molar-refractivity contribution is 6.01. The lowest BCUT2D eigenvalue weighted by Gasteiger charge is -2.31. The molecule has 0 bridgehead atoms. The highest BCUT2D eigenvalue weighted by Crippen LogP contribution is 2.30. The van der Waals surface area contributed by atoms with E-state index in [2.05, 4.69) is 5.32 Å². The SMILES string of the molecule is COc1cc(NC(C)=O)ccc1C(=O)C1CCN(C(=O)C(F)(F)F)CC1. The molecule has 0 aliphatic carbocycles. The van der Waals surface area contributed by atoms with Gasteiger partial charge in [-0.2, -0.15) is 13.2 Å². The number of amides is 2. The lowest BCUT2D eigenvalue weighted by molar-refractivity contribution is -0.186. The molecule has 1 heterocycles. The minimum atomic E-state index is -4.90. The van der Waals surface area contributed by atoms with Gasteiger partial charge >= 0.3 is 12.1 Å². The number of nitrogens with zero attached hydrogens (tertiary/aromatic N) is 1. The number of nitrogens with one attached hydrogen (secondary N) is 1. The number of carbonyl (C=O) groups excluding carboxylic acids is 3. The molecule has 142 valence electrons. The fourth-order valence-electron chi connectivity index (χ4n) is 2.92. The van der Waals surface area contributed by atoms with Crippen molar-refractivity contribution < 1.29 is 32.3 Å². The van der Waals surface area contributed by atoms with Crippen molar-refractivity contribution in [3.05, 3.63) is 23.8 Å². The van der Waals surface area contributed by atoms with E-state index in [4.69, 9.17) is 4.74 Å². The van der Waals surface area contributed by atoms with Gasteiger partial charge in [-0.15, -0.1) is 0 Å². The van der Waals surface area contributed by atoms with E-state index in [1.165, 1.54) is 26.2 Å². The molecular weight excluding hydrogens is 353 g/mol. The Labute approximate surface area is 148 Å². The number of rotatable bonds is 4. The average Bonchev–Trinajstić information content (AvgIpc) is 2.59. The van der Waals surface area contributed by atoms with Gasteiger partial charge < -0.3 is 15.0 Å². The summed E-state index contributed by atoms with van der Waals surface area (Å²) in [4.78, 5) is 35.8. The summed E-state index contributed by atoms with van der Waals surface area (Å²) in [5.41, 5.74) is 0.763. The second-order valence-electron chi connectivity index (χ2n) is 6.02. The summed E-state index contributed by atoms with van der Waals surface area (Å²) in [7, 11) is 1.38. The Kier molecular flexibility index (Phi) is 5.89. The van der Waals surface area contributed by atoms with Crippen molar-refractivity contribution in [3.8, 4) is 5.75 Å². The topological polar surface area (TPSA) is 75.7 Å². The van der Waals surface area contributed by atoms with Gasteiger partial charge in [0, 0.05) is 37.7 Å². The van der Waals surface area contributed by atoms with Crippen LogP contribution in [0.2, 0.25) is 0 Å². The zero-order chi connectivity index (χ0) is 19.5. The number of carbonyl (C=O) groups is 3. The standard InChI is InChI=1S/C17H19F3N2O4/c1-10(23)21-12-3-4-13(14(9-12)26-2)15(24)11-5-7-22(8-6-11)16(25)17(18,19)20/h3-4,9,11H,5-8H2,1-2H3,(H,21,23). The first kappa shape index (κ1) is 19.7. The number of ether oxygens (including phenoxy) is 1. The van der Waals surface area contributed by atoms with Gasteiger partial charge in [-0.3, -0.25) is 14.4 Å². The molecule has 0 radical (unpaired) electrons. The van der Waals surface area contributed by atoms with E-state index >= 15 is 0 Å². The van der Waals surface area contributed by atoms with E-state index in [0.717, 1.165) is 4.90 Å². The van der Waals surface area contributed by atoms with E-state index in [1.54, 1.807) is 6.07 Å². The van der Waals surface area contributed by atoms with Crippen LogP contribution in [0.4, 0.5) is 18.9 Å². The molecule has 1 aliphatic heterocycles. The lowest BCUT2D eigenvalue weighted by atomic mass is 9.88. The van der Waals surface area contributed by atoms with Crippen LogP contribution < -0.4 is 10.1 Å². The third kappa shape index (κ3) is 4.53. The Hall–Kier alpha value is -2.58. The fourth-order valence-corrected chi connectivity index (χ4v) is 2.92. The molecule has 1 fully saturated rings. The first-order valence-corrected chi connectivity index (χ1v) is 7.99. The maximum atomic E-state index is 12.7. The number of hydrogen-bond donors (Lipinski definition) is 1. The van der Waals surface area contributed by atoms with Gasteiger partial charge in [-0.05, 0) is 25.0 Å². The van der Waals surface area contributed by atoms with Crippen LogP contribution in [0, 0.1) is 5.92 Å². The first-order valence-electron chi connectivity index (χ1n) is 7.99. The van der Waals surface area contributed by atoms with Gasteiger partial charge in [-0.1, -0.05) is 0 Å². The predicted molar refractivity (Wildman–Crippen MR) is 87.0 cm³/mol. The molecule has 6 nitrogen and oxygen atoms in total. The van der Waals surface area contributed by atoms with E-state index in [9.17, 15) is 27.6 Å². The highest BCUT2D eigenvalue weighted by atomic mass is 19.4. The van der Waals surface area contributed by atoms with Crippen molar-refractivity contribution in [1.82, 2.24) is 4.90 Å². The zero-order valence-corrected chi connectivity index (χ0v) is 14.4. The van der Waals surface area contributed by atoms with Crippen molar-refractivity contribution in [1.29, 1.82) is 0 Å². The third-order valence-corrected chi connectivity index (χ3v) is 4.18. The third-order valence-electron chi connectivity index (χ3n) is 4.18. The molecule has 1 aromatic carbocycles. The Morgan fingerprint density at radius 2 is 1.81 bits per heavy atom. The van der Waals surface area contributed by atoms with Crippen LogP contribution in [0.3, 0.4) is 0 Å². The Morgan fingerprint density at radius 3 is 2.31 bits per heavy atom. The van der Waals surface area contributed by atoms with E-state index in [0.29, 0.717) is 11.3 Å². The largest absolute Gasteiger partial charge is 0.496 e. The number of benzene rings is 1. The van der Waals surface area contributed by atoms with Crippen molar-refractivity contribution in [2.24, 2.45) is 5.92 Å². The Balaban J connectivity index is 2.08. The van der Waals surface area contributed by atoms with Crippen LogP contribution >= 0.6 is 0 Å². The number of methoxy groups -OCH3 is 1. The summed E-state index contributed by atoms with van der Waals surface area (Å²) in [6, 6.07) is 4.58. The molecule has 1 saturated heterocycles. The number of ketones is 1. The maximum Gasteiger partial charge on any atom is 0.471 e. The molecule has 1 N–H and O–H groups in total. The van der Waals surface area contributed by atoms with Crippen LogP contribution in [0.1, 0.15) is 30.1 Å². The second kappa shape index (κ2) is 7.76. The van der Waals surface area contributed by atoms with Crippen LogP contribution in [0.25, 0.3) is 0 Å². The summed E-state index contributed by atoms with van der Waals surface area (Å²) in [5.74, 6) is -2.62. The summed E-state index contributed by atoms with van der Waals surface area (Å²) in [6.07, 6.45) is -4.60. The van der Waals surface area contributed by atoms with Crippen molar-refractivity contribution in [2.75, 3.05) is 25.5 Å². The molecule has 26 heavy (non-hydrogen) atoms. The molecule has 2 rings (SSSR count). The van der Waals surface area contributed by atoms with Gasteiger partial charge in [0.2, 0.25) is 5.91 Å². The summed E-state index contributed by atoms with van der Waals surface area (Å²) in [6.45, 7) is 1.10. The Morgan fingerprint density at radius 1 is 1.19 bits per heavy atom. The normalized spacial score (nSPS) is 15.5. The van der Waals surface area contributed by atoms with Gasteiger partial charge in [0.25, 0.3) is 0 Å². The second-order valence-corrected chi connectivity index (χ2v) is 6.02. The smallest absolute Gasteiger partial charge is 0.471 e. The molecule has 1 aliphatic rings. The van der Waals surface area contributed by atoms with E-state index < -0.39 is 18.0 Å². The van der Waals surface area contributed by atoms with E-state index in [-0.39, 0.29) is 43.4 Å². The molecule has 0 atom stereocenters. The molecule has 1 aromatic rings. The maximum absolute atomic E-state index is 12.7. The Bertz CT molecular complexity index is 710. The van der Waals surface area contributed by atoms with Gasteiger partial charge in [0.05, 0.1) is 12.7 Å². The lowest BCUT2D eigenvalue weighted by Crippen LogP contribution is -2.46. The van der Waals surface area contributed by atoms with Crippen molar-refractivity contribution in [3.63, 3.8) is 0 Å². The van der Waals surface area contributed by atoms with Gasteiger partial charge in [0.15, 0.2) is 5.78 Å². The molecule has 0 unspecified atom stereocenters. The molecule has 2 amide bonds. The predicted octanol–water partition coefficient (Wildman–Crippen LogP) is 2.64. The molecular formula is C17H19F3N2O4. The summed E-state index contributed by atoms with van der Waals surface area (Å²) < 4.78 is 42.6. The summed E-state index contributed by atoms with van der Waals surface area (Å²) in [5, 5.41) is 2.58. The molecule has 0 aromatic heterocycles. The summed E-state index contributed by atoms with van der Waals surface area (Å²) >= 11 is 0. The van der Waals surface area contributed by atoms with E-state index in [1.807, 2.05) is 0 Å². The number of likely N-dealkylation sites (tertiary alicyclic amines) is 1. The van der Waals surface area contributed by atoms with Crippen LogP contribution in [0.15, 0.2) is 18.2 Å². The number of hydrogen-bond acceptors (Lipinski definition) is 4. The number of piperidine rings is 1. The zero-order valence-electron chi connectivity index (χ0n) is 14.4. The fraction of sp³-hybridized carbons (Fsp3) is 0.471. The quantitative estimate of drug-likeness (QED) is 0.825. The number of anilines is 1. The van der Waals surface area contributed by atoms with Crippen LogP contribution in [-0.4, -0.2) is 48.9 Å². The van der Waals surface area contributed by atoms with Gasteiger partial charge in [0.1, 0.15) is 5.75 Å². The first-order chi connectivity index (χ1) is 12.1. The van der Waals surface area contributed by atoms with Crippen molar-refractivity contribution >= 4 is 23.3 Å². The number of alkyl halides is 3. The van der Waals surface area contributed by atoms with Gasteiger partial charge in [-0.25, -0.2) is 0 Å². The van der Waals surface area contributed by atoms with Crippen molar-refractivity contribution in [2.45, 2.75) is 25.9 Å². The number of Topliss-reactive ketones (excluding diaryl/α,β-unsaturated/α-hetero) is 1. The minimum absolute atomic E-state index is 0.124. The van der Waals surface area contributed by atoms with Crippen LogP contribution in [0.5, 0.6) is 5.75 Å². The number of halogens is 3. The highest BCUT2D eigenvalue weighted by Gasteiger charge is 2.43. The van der Waals surface area contributed by atoms with Crippen LogP contribution in [-0.2, 0) is 9.59 Å². The monoisotopic (exact) mass is 372 g/mol. The molecule has 9 heteroatoms. The molecule has 0 spiro atoms. The minimum Gasteiger partial charge on any atom is -0.496 e. The average molecular weight is 372 g/mol.